The molecule has 1 aromatic carbocycles. The topological polar surface area (TPSA) is 68.8 Å². The lowest BCUT2D eigenvalue weighted by atomic mass is 9.94. The Hall–Kier alpha value is -1.88. The first-order valence-corrected chi connectivity index (χ1v) is 5.73. The van der Waals surface area contributed by atoms with Gasteiger partial charge >= 0.3 is 0 Å². The molecule has 0 amide bonds. The third-order valence-corrected chi connectivity index (χ3v) is 3.18. The van der Waals surface area contributed by atoms with Crippen LogP contribution in [0.3, 0.4) is 0 Å². The fourth-order valence-corrected chi connectivity index (χ4v) is 2.27. The second-order valence-corrected chi connectivity index (χ2v) is 4.29. The van der Waals surface area contributed by atoms with Crippen LogP contribution in [0.2, 0.25) is 0 Å². The van der Waals surface area contributed by atoms with E-state index in [9.17, 15) is 0 Å². The van der Waals surface area contributed by atoms with Crippen LogP contribution in [0.5, 0.6) is 0 Å². The molecule has 2 aromatic rings. The molecule has 17 heavy (non-hydrogen) atoms. The largest absolute Gasteiger partial charge is 0.368 e. The van der Waals surface area contributed by atoms with Crippen molar-refractivity contribution in [2.24, 2.45) is 7.05 Å². The van der Waals surface area contributed by atoms with E-state index in [0.29, 0.717) is 5.95 Å². The predicted octanol–water partition coefficient (Wildman–Crippen LogP) is 0.632. The fourth-order valence-electron chi connectivity index (χ4n) is 2.27. The van der Waals surface area contributed by atoms with Crippen molar-refractivity contribution in [3.05, 3.63) is 41.2 Å². The maximum atomic E-state index is 5.73. The van der Waals surface area contributed by atoms with E-state index in [1.807, 2.05) is 6.07 Å². The van der Waals surface area contributed by atoms with Gasteiger partial charge in [-0.05, 0) is 17.5 Å². The summed E-state index contributed by atoms with van der Waals surface area (Å²) in [5, 5.41) is 7.79. The minimum atomic E-state index is 0.0588. The van der Waals surface area contributed by atoms with Gasteiger partial charge in [0.15, 0.2) is 5.82 Å². The summed E-state index contributed by atoms with van der Waals surface area (Å²) in [4.78, 5) is 4.30. The second kappa shape index (κ2) is 3.85. The van der Waals surface area contributed by atoms with Crippen LogP contribution in [0.25, 0.3) is 0 Å². The van der Waals surface area contributed by atoms with Crippen molar-refractivity contribution >= 4 is 5.95 Å². The normalized spacial score (nSPS) is 19.0. The third kappa shape index (κ3) is 1.68. The van der Waals surface area contributed by atoms with Crippen molar-refractivity contribution in [3.8, 4) is 0 Å². The van der Waals surface area contributed by atoms with E-state index in [1.54, 1.807) is 11.7 Å². The molecule has 0 saturated heterocycles. The monoisotopic (exact) mass is 229 g/mol. The molecule has 5 nitrogen and oxygen atoms in total. The number of hydrogen-bond acceptors (Lipinski definition) is 4. The minimum absolute atomic E-state index is 0.0588. The summed E-state index contributed by atoms with van der Waals surface area (Å²) in [5.74, 6) is 1.20. The molecule has 1 aromatic heterocycles. The Balaban J connectivity index is 2.05. The molecule has 5 heteroatoms. The number of nitrogens with two attached hydrogens (primary N) is 1. The van der Waals surface area contributed by atoms with Gasteiger partial charge in [0.25, 0.3) is 0 Å². The van der Waals surface area contributed by atoms with Crippen molar-refractivity contribution in [1.29, 1.82) is 0 Å². The van der Waals surface area contributed by atoms with E-state index in [0.717, 1.165) is 18.8 Å². The molecule has 0 spiro atoms. The number of nitrogens with zero attached hydrogens (tertiary/aromatic N) is 3. The zero-order chi connectivity index (χ0) is 11.8. The Kier molecular flexibility index (Phi) is 2.33. The molecule has 0 aliphatic carbocycles. The highest BCUT2D eigenvalue weighted by Gasteiger charge is 2.24. The number of benzene rings is 1. The fraction of sp³-hybridized carbons (Fsp3) is 0.333. The number of aryl methyl sites for hydroxylation is 1. The molecule has 2 heterocycles. The Morgan fingerprint density at radius 1 is 1.41 bits per heavy atom. The van der Waals surface area contributed by atoms with Crippen LogP contribution in [-0.4, -0.2) is 21.3 Å². The Morgan fingerprint density at radius 2 is 2.24 bits per heavy atom. The molecule has 0 radical (unpaired) electrons. The highest BCUT2D eigenvalue weighted by Crippen LogP contribution is 2.26. The maximum absolute atomic E-state index is 5.73. The third-order valence-electron chi connectivity index (χ3n) is 3.18. The van der Waals surface area contributed by atoms with Crippen LogP contribution in [0, 0.1) is 0 Å². The van der Waals surface area contributed by atoms with Crippen LogP contribution in [0.1, 0.15) is 23.0 Å². The molecule has 3 rings (SSSR count). The number of rotatable bonds is 1. The Labute approximate surface area is 99.7 Å². The van der Waals surface area contributed by atoms with Crippen LogP contribution in [-0.2, 0) is 13.5 Å². The molecule has 1 atom stereocenters. The first kappa shape index (κ1) is 10.3. The molecule has 3 N–H and O–H groups in total. The standard InChI is InChI=1S/C12H15N5/c1-17-12(13)15-11(16-17)10-9-5-3-2-4-8(9)6-7-14-10/h2-5,10,14H,6-7H2,1H3,(H2,13,15,16). The molecule has 0 fully saturated rings. The molecule has 1 unspecified atom stereocenters. The van der Waals surface area contributed by atoms with E-state index in [-0.39, 0.29) is 6.04 Å². The number of fused-ring (bicyclic) bond motifs is 1. The van der Waals surface area contributed by atoms with Gasteiger partial charge < -0.3 is 11.1 Å². The lowest BCUT2D eigenvalue weighted by Crippen LogP contribution is -2.31. The number of hydrogen-bond donors (Lipinski definition) is 2. The summed E-state index contributed by atoms with van der Waals surface area (Å²) in [7, 11) is 1.81. The second-order valence-electron chi connectivity index (χ2n) is 4.29. The van der Waals surface area contributed by atoms with Gasteiger partial charge in [-0.15, -0.1) is 0 Å². The van der Waals surface area contributed by atoms with Crippen molar-refractivity contribution in [3.63, 3.8) is 0 Å². The summed E-state index contributed by atoms with van der Waals surface area (Å²) >= 11 is 0. The van der Waals surface area contributed by atoms with Crippen LogP contribution in [0.15, 0.2) is 24.3 Å². The van der Waals surface area contributed by atoms with Gasteiger partial charge in [0.05, 0.1) is 6.04 Å². The van der Waals surface area contributed by atoms with Gasteiger partial charge in [-0.3, -0.25) is 0 Å². The van der Waals surface area contributed by atoms with Gasteiger partial charge in [0.2, 0.25) is 5.95 Å². The van der Waals surface area contributed by atoms with Crippen LogP contribution < -0.4 is 11.1 Å². The van der Waals surface area contributed by atoms with Gasteiger partial charge in [-0.2, -0.15) is 10.1 Å². The van der Waals surface area contributed by atoms with Gasteiger partial charge in [0, 0.05) is 13.6 Å². The van der Waals surface area contributed by atoms with Gasteiger partial charge in [-0.25, -0.2) is 4.68 Å². The summed E-state index contributed by atoms with van der Waals surface area (Å²) in [5.41, 5.74) is 8.35. The highest BCUT2D eigenvalue weighted by molar-refractivity contribution is 5.36. The van der Waals surface area contributed by atoms with E-state index in [1.165, 1.54) is 11.1 Å². The van der Waals surface area contributed by atoms with E-state index < -0.39 is 0 Å². The summed E-state index contributed by atoms with van der Waals surface area (Å²) < 4.78 is 1.61. The summed E-state index contributed by atoms with van der Waals surface area (Å²) in [6, 6.07) is 8.46. The quantitative estimate of drug-likeness (QED) is 0.752. The van der Waals surface area contributed by atoms with Crippen molar-refractivity contribution in [1.82, 2.24) is 20.1 Å². The number of anilines is 1. The SMILES string of the molecule is Cn1nc(C2NCCc3ccccc32)nc1N. The molecular weight excluding hydrogens is 214 g/mol. The minimum Gasteiger partial charge on any atom is -0.368 e. The van der Waals surface area contributed by atoms with E-state index >= 15 is 0 Å². The molecular formula is C12H15N5. The average Bonchev–Trinajstić information content (AvgIpc) is 2.69. The average molecular weight is 229 g/mol. The first-order chi connectivity index (χ1) is 8.25. The first-order valence-electron chi connectivity index (χ1n) is 5.73. The van der Waals surface area contributed by atoms with Gasteiger partial charge in [0.1, 0.15) is 0 Å². The molecule has 1 aliphatic rings. The zero-order valence-corrected chi connectivity index (χ0v) is 9.72. The lowest BCUT2D eigenvalue weighted by molar-refractivity contribution is 0.540. The maximum Gasteiger partial charge on any atom is 0.218 e. The van der Waals surface area contributed by atoms with E-state index in [2.05, 4.69) is 33.6 Å². The van der Waals surface area contributed by atoms with Crippen molar-refractivity contribution in [2.75, 3.05) is 12.3 Å². The smallest absolute Gasteiger partial charge is 0.218 e. The summed E-state index contributed by atoms with van der Waals surface area (Å²) in [6.45, 7) is 0.944. The molecule has 0 saturated carbocycles. The zero-order valence-electron chi connectivity index (χ0n) is 9.72. The number of nitrogens with one attached hydrogen (secondary N) is 1. The van der Waals surface area contributed by atoms with Crippen LogP contribution in [0.4, 0.5) is 5.95 Å². The van der Waals surface area contributed by atoms with E-state index in [4.69, 9.17) is 5.73 Å². The molecule has 1 aliphatic heterocycles. The van der Waals surface area contributed by atoms with Gasteiger partial charge in [-0.1, -0.05) is 24.3 Å². The van der Waals surface area contributed by atoms with Crippen LogP contribution >= 0.6 is 0 Å². The molecule has 88 valence electrons. The number of nitrogen functional groups attached to an aromatic ring is 1. The Bertz CT molecular complexity index is 526. The molecule has 0 bridgehead atoms. The van der Waals surface area contributed by atoms with Crippen molar-refractivity contribution < 1.29 is 0 Å². The number of aromatic nitrogens is 3. The predicted molar refractivity (Wildman–Crippen MR) is 65.4 cm³/mol. The van der Waals surface area contributed by atoms with Crippen molar-refractivity contribution in [2.45, 2.75) is 12.5 Å². The Morgan fingerprint density at radius 3 is 3.00 bits per heavy atom. The summed E-state index contributed by atoms with van der Waals surface area (Å²) in [6.07, 6.45) is 1.05. The lowest BCUT2D eigenvalue weighted by Gasteiger charge is -2.24. The highest BCUT2D eigenvalue weighted by atomic mass is 15.4.